The normalized spacial score (nSPS) is 15.8. The quantitative estimate of drug-likeness (QED) is 0.655. The molecular formula is C20H18ClN3O2. The van der Waals surface area contributed by atoms with Crippen molar-refractivity contribution < 1.29 is 9.59 Å². The van der Waals surface area contributed by atoms with E-state index in [1.165, 1.54) is 0 Å². The fourth-order valence-electron chi connectivity index (χ4n) is 2.51. The zero-order valence-corrected chi connectivity index (χ0v) is 15.2. The number of benzene rings is 2. The fraction of sp³-hybridized carbons (Fsp3) is 0.100. The van der Waals surface area contributed by atoms with Crippen LogP contribution >= 0.6 is 11.6 Å². The van der Waals surface area contributed by atoms with Crippen molar-refractivity contribution in [3.05, 3.63) is 77.0 Å². The first kappa shape index (κ1) is 17.8. The van der Waals surface area contributed by atoms with Crippen molar-refractivity contribution in [1.29, 1.82) is 0 Å². The number of nitrogens with one attached hydrogen (secondary N) is 1. The van der Waals surface area contributed by atoms with Crippen molar-refractivity contribution in [3.8, 4) is 0 Å². The van der Waals surface area contributed by atoms with Gasteiger partial charge < -0.3 is 10.2 Å². The lowest BCUT2D eigenvalue weighted by Crippen LogP contribution is -2.30. The minimum atomic E-state index is -0.479. The van der Waals surface area contributed by atoms with Gasteiger partial charge in [-0.3, -0.25) is 4.79 Å². The topological polar surface area (TPSA) is 52.7 Å². The Hall–Kier alpha value is -3.05. The van der Waals surface area contributed by atoms with Crippen LogP contribution in [0.1, 0.15) is 5.56 Å². The highest BCUT2D eigenvalue weighted by molar-refractivity contribution is 6.31. The lowest BCUT2D eigenvalue weighted by atomic mass is 10.2. The number of amides is 3. The van der Waals surface area contributed by atoms with Crippen LogP contribution in [-0.2, 0) is 4.79 Å². The monoisotopic (exact) mass is 367 g/mol. The minimum Gasteiger partial charge on any atom is -0.378 e. The summed E-state index contributed by atoms with van der Waals surface area (Å²) in [7, 11) is 3.96. The number of hydrogen-bond acceptors (Lipinski definition) is 3. The molecule has 0 aliphatic carbocycles. The van der Waals surface area contributed by atoms with Gasteiger partial charge in [0.15, 0.2) is 0 Å². The summed E-state index contributed by atoms with van der Waals surface area (Å²) in [4.78, 5) is 27.7. The molecule has 6 heteroatoms. The molecule has 0 unspecified atom stereocenters. The van der Waals surface area contributed by atoms with E-state index in [4.69, 9.17) is 11.6 Å². The van der Waals surface area contributed by atoms with E-state index in [9.17, 15) is 9.59 Å². The van der Waals surface area contributed by atoms with Crippen LogP contribution in [0, 0.1) is 0 Å². The Morgan fingerprint density at radius 1 is 1.00 bits per heavy atom. The third kappa shape index (κ3) is 3.78. The summed E-state index contributed by atoms with van der Waals surface area (Å²) in [5.74, 6) is -0.398. The molecule has 26 heavy (non-hydrogen) atoms. The largest absolute Gasteiger partial charge is 0.378 e. The Morgan fingerprint density at radius 3 is 2.27 bits per heavy atom. The highest BCUT2D eigenvalue weighted by Gasteiger charge is 2.34. The molecule has 132 valence electrons. The van der Waals surface area contributed by atoms with E-state index in [0.717, 1.165) is 16.2 Å². The van der Waals surface area contributed by atoms with Crippen LogP contribution in [0.15, 0.2) is 66.4 Å². The van der Waals surface area contributed by atoms with Gasteiger partial charge in [0, 0.05) is 24.8 Å². The summed E-state index contributed by atoms with van der Waals surface area (Å²) in [6.07, 6.45) is 5.20. The fourth-order valence-corrected chi connectivity index (χ4v) is 2.64. The van der Waals surface area contributed by atoms with Gasteiger partial charge in [0.2, 0.25) is 0 Å². The van der Waals surface area contributed by atoms with Crippen molar-refractivity contribution in [1.82, 2.24) is 5.32 Å². The first-order valence-corrected chi connectivity index (χ1v) is 8.40. The highest BCUT2D eigenvalue weighted by Crippen LogP contribution is 2.23. The van der Waals surface area contributed by atoms with E-state index in [-0.39, 0.29) is 5.70 Å². The molecule has 5 nitrogen and oxygen atoms in total. The molecule has 1 aliphatic rings. The molecule has 0 saturated carbocycles. The molecule has 0 aromatic heterocycles. The van der Waals surface area contributed by atoms with Crippen LogP contribution in [0.2, 0.25) is 5.02 Å². The molecule has 3 rings (SSSR count). The van der Waals surface area contributed by atoms with E-state index in [0.29, 0.717) is 10.7 Å². The van der Waals surface area contributed by atoms with E-state index in [2.05, 4.69) is 5.32 Å². The van der Waals surface area contributed by atoms with Crippen molar-refractivity contribution in [2.24, 2.45) is 0 Å². The maximum Gasteiger partial charge on any atom is 0.333 e. The van der Waals surface area contributed by atoms with Crippen LogP contribution in [0.4, 0.5) is 16.2 Å². The van der Waals surface area contributed by atoms with Gasteiger partial charge in [-0.1, -0.05) is 35.9 Å². The highest BCUT2D eigenvalue weighted by atomic mass is 35.5. The second-order valence-corrected chi connectivity index (χ2v) is 6.41. The molecule has 2 aromatic rings. The van der Waals surface area contributed by atoms with Gasteiger partial charge in [-0.2, -0.15) is 0 Å². The Bertz CT molecular complexity index is 884. The molecule has 2 aromatic carbocycles. The number of imide groups is 1. The lowest BCUT2D eigenvalue weighted by molar-refractivity contribution is -0.113. The minimum absolute atomic E-state index is 0.228. The molecular weight excluding hydrogens is 350 g/mol. The Labute approximate surface area is 157 Å². The number of urea groups is 1. The molecule has 1 saturated heterocycles. The van der Waals surface area contributed by atoms with Gasteiger partial charge in [0.25, 0.3) is 5.91 Å². The molecule has 1 N–H and O–H groups in total. The molecule has 0 atom stereocenters. The lowest BCUT2D eigenvalue weighted by Gasteiger charge is -2.11. The Morgan fingerprint density at radius 2 is 1.65 bits per heavy atom. The van der Waals surface area contributed by atoms with Crippen LogP contribution in [0.3, 0.4) is 0 Å². The van der Waals surface area contributed by atoms with E-state index >= 15 is 0 Å². The number of halogens is 1. The standard InChI is InChI=1S/C20H18ClN3O2/c1-23(2)16-10-6-14(7-11-16)4-3-5-18-19(25)24(20(26)22-18)17-12-8-15(21)9-13-17/h3-13H,1-2H3,(H,22,26)/b4-3+,18-5+. The van der Waals surface area contributed by atoms with Crippen LogP contribution < -0.4 is 15.1 Å². The van der Waals surface area contributed by atoms with Gasteiger partial charge in [-0.05, 0) is 48.0 Å². The SMILES string of the molecule is CN(C)c1ccc(/C=C/C=C2/NC(=O)N(c3ccc(Cl)cc3)C2=O)cc1. The predicted octanol–water partition coefficient (Wildman–Crippen LogP) is 4.06. The number of hydrogen-bond donors (Lipinski definition) is 1. The molecule has 1 heterocycles. The van der Waals surface area contributed by atoms with Crippen molar-refractivity contribution in [2.45, 2.75) is 0 Å². The number of carbonyl (C=O) groups excluding carboxylic acids is 2. The van der Waals surface area contributed by atoms with Gasteiger partial charge in [-0.15, -0.1) is 0 Å². The molecule has 0 spiro atoms. The summed E-state index contributed by atoms with van der Waals surface area (Å²) < 4.78 is 0. The number of nitrogens with zero attached hydrogens (tertiary/aromatic N) is 2. The summed E-state index contributed by atoms with van der Waals surface area (Å²) >= 11 is 5.85. The molecule has 0 radical (unpaired) electrons. The summed E-state index contributed by atoms with van der Waals surface area (Å²) in [6, 6.07) is 14.0. The number of allylic oxidation sites excluding steroid dienone is 2. The molecule has 3 amide bonds. The predicted molar refractivity (Wildman–Crippen MR) is 105 cm³/mol. The second-order valence-electron chi connectivity index (χ2n) is 5.97. The summed E-state index contributed by atoms with van der Waals surface area (Å²) in [5, 5.41) is 3.13. The summed E-state index contributed by atoms with van der Waals surface area (Å²) in [6.45, 7) is 0. The zero-order valence-electron chi connectivity index (χ0n) is 14.4. The van der Waals surface area contributed by atoms with Crippen LogP contribution in [-0.4, -0.2) is 26.0 Å². The Balaban J connectivity index is 1.74. The number of carbonyl (C=O) groups is 2. The third-order valence-corrected chi connectivity index (χ3v) is 4.18. The van der Waals surface area contributed by atoms with Crippen molar-refractivity contribution >= 4 is 41.0 Å². The van der Waals surface area contributed by atoms with Crippen molar-refractivity contribution in [3.63, 3.8) is 0 Å². The average Bonchev–Trinajstić information content (AvgIpc) is 2.90. The van der Waals surface area contributed by atoms with Gasteiger partial charge in [0.05, 0.1) is 5.69 Å². The summed E-state index contributed by atoms with van der Waals surface area (Å²) in [5.41, 5.74) is 2.81. The maximum atomic E-state index is 12.5. The Kier molecular flexibility index (Phi) is 5.09. The smallest absolute Gasteiger partial charge is 0.333 e. The number of anilines is 2. The van der Waals surface area contributed by atoms with Gasteiger partial charge >= 0.3 is 6.03 Å². The van der Waals surface area contributed by atoms with E-state index in [1.807, 2.05) is 49.3 Å². The second kappa shape index (κ2) is 7.45. The first-order chi connectivity index (χ1) is 12.5. The molecule has 1 fully saturated rings. The average molecular weight is 368 g/mol. The molecule has 1 aliphatic heterocycles. The van der Waals surface area contributed by atoms with Gasteiger partial charge in [0.1, 0.15) is 5.70 Å². The maximum absolute atomic E-state index is 12.5. The van der Waals surface area contributed by atoms with Crippen molar-refractivity contribution in [2.75, 3.05) is 23.9 Å². The van der Waals surface area contributed by atoms with E-state index < -0.39 is 11.9 Å². The van der Waals surface area contributed by atoms with Crippen LogP contribution in [0.5, 0.6) is 0 Å². The molecule has 0 bridgehead atoms. The third-order valence-electron chi connectivity index (χ3n) is 3.92. The number of rotatable bonds is 4. The van der Waals surface area contributed by atoms with Gasteiger partial charge in [-0.25, -0.2) is 9.69 Å². The van der Waals surface area contributed by atoms with Crippen LogP contribution in [0.25, 0.3) is 6.08 Å². The first-order valence-electron chi connectivity index (χ1n) is 8.02. The zero-order chi connectivity index (χ0) is 18.7. The van der Waals surface area contributed by atoms with E-state index in [1.54, 1.807) is 36.4 Å².